The van der Waals surface area contributed by atoms with Gasteiger partial charge in [0.25, 0.3) is 0 Å². The van der Waals surface area contributed by atoms with E-state index in [2.05, 4.69) is 55.0 Å². The average Bonchev–Trinajstić information content (AvgIpc) is 2.63. The van der Waals surface area contributed by atoms with E-state index in [4.69, 9.17) is 9.47 Å². The molecule has 0 saturated heterocycles. The van der Waals surface area contributed by atoms with Crippen LogP contribution in [-0.2, 0) is 19.1 Å². The van der Waals surface area contributed by atoms with Crippen molar-refractivity contribution in [3.63, 3.8) is 0 Å². The average molecular weight is 427 g/mol. The van der Waals surface area contributed by atoms with Gasteiger partial charge in [-0.05, 0) is 90.1 Å². The van der Waals surface area contributed by atoms with Gasteiger partial charge in [-0.15, -0.1) is 0 Å². The van der Waals surface area contributed by atoms with Gasteiger partial charge in [0.1, 0.15) is 0 Å². The van der Waals surface area contributed by atoms with Crippen molar-refractivity contribution >= 4 is 0 Å². The molecule has 0 aliphatic carbocycles. The summed E-state index contributed by atoms with van der Waals surface area (Å²) >= 11 is 0. The molecule has 29 heavy (non-hydrogen) atoms. The number of methoxy groups -OCH3 is 2. The Hall–Kier alpha value is -0.240. The summed E-state index contributed by atoms with van der Waals surface area (Å²) in [5.41, 5.74) is 2.37. The maximum absolute atomic E-state index is 4.94. The molecule has 0 heterocycles. The first kappa shape index (κ1) is 39.3. The lowest BCUT2D eigenvalue weighted by atomic mass is 10.2. The van der Waals surface area contributed by atoms with Gasteiger partial charge in [0, 0.05) is 26.3 Å². The van der Waals surface area contributed by atoms with Gasteiger partial charge in [0.15, 0.2) is 0 Å². The fourth-order valence-corrected chi connectivity index (χ4v) is 0.756. The van der Waals surface area contributed by atoms with Crippen LogP contribution in [0.5, 0.6) is 0 Å². The normalized spacial score (nSPS) is 10.8. The number of rotatable bonds is 6. The Kier molecular flexibility index (Phi) is 34.9. The van der Waals surface area contributed by atoms with Crippen molar-refractivity contribution in [1.29, 1.82) is 0 Å². The van der Waals surface area contributed by atoms with E-state index in [1.165, 1.54) is 0 Å². The minimum Gasteiger partial charge on any atom is -0.379 e. The Balaban J connectivity index is -0.0000000862. The maximum Gasteiger partial charge on any atom is 0.0680 e. The van der Waals surface area contributed by atoms with Gasteiger partial charge in [-0.25, -0.2) is 0 Å². The van der Waals surface area contributed by atoms with Crippen molar-refractivity contribution in [2.24, 2.45) is 0 Å². The second-order valence-corrected chi connectivity index (χ2v) is 8.44. The van der Waals surface area contributed by atoms with E-state index in [0.29, 0.717) is 25.3 Å². The lowest BCUT2D eigenvalue weighted by Crippen LogP contribution is -2.32. The second kappa shape index (κ2) is 25.8. The van der Waals surface area contributed by atoms with E-state index in [1.807, 2.05) is 69.2 Å². The van der Waals surface area contributed by atoms with Crippen molar-refractivity contribution in [2.45, 2.75) is 120 Å². The smallest absolute Gasteiger partial charge is 0.0680 e. The first-order valence-electron chi connectivity index (χ1n) is 10.9. The summed E-state index contributed by atoms with van der Waals surface area (Å²) < 4.78 is 9.88. The zero-order chi connectivity index (χ0) is 24.7. The van der Waals surface area contributed by atoms with Crippen LogP contribution in [0.3, 0.4) is 0 Å². The molecule has 0 aromatic carbocycles. The van der Waals surface area contributed by atoms with Crippen molar-refractivity contribution < 1.29 is 19.1 Å². The van der Waals surface area contributed by atoms with Crippen LogP contribution in [-0.4, -0.2) is 62.7 Å². The van der Waals surface area contributed by atoms with E-state index >= 15 is 0 Å². The van der Waals surface area contributed by atoms with Gasteiger partial charge in [-0.3, -0.25) is 9.68 Å². The van der Waals surface area contributed by atoms with Gasteiger partial charge < -0.3 is 14.4 Å². The first-order chi connectivity index (χ1) is 13.1. The van der Waals surface area contributed by atoms with Crippen molar-refractivity contribution in [3.05, 3.63) is 0 Å². The molecule has 0 aromatic heterocycles. The van der Waals surface area contributed by atoms with Gasteiger partial charge in [0.05, 0.1) is 24.4 Å². The summed E-state index contributed by atoms with van der Waals surface area (Å²) in [7, 11) is 5.56. The standard InChI is InChI=1S/C7H17N.2C5H12O.C4H11NO2.C2H6/c1-6(2)8(5)7(3)4;2*1-5(2,3)6-4;1-3-6-5-7-4-2;1-2/h6-7H,1-5H3;2*1-4H3;5H,3-4H2,1-2H3;1-2H3. The third kappa shape index (κ3) is 58.4. The van der Waals surface area contributed by atoms with Crippen molar-refractivity contribution in [3.8, 4) is 0 Å². The number of nitrogens with one attached hydrogen (secondary N) is 1. The highest BCUT2D eigenvalue weighted by molar-refractivity contribution is 4.60. The summed E-state index contributed by atoms with van der Waals surface area (Å²) in [6, 6.07) is 1.35. The zero-order valence-electron chi connectivity index (χ0n) is 23.1. The predicted octanol–water partition coefficient (Wildman–Crippen LogP) is 6.10. The van der Waals surface area contributed by atoms with Crippen LogP contribution in [0.4, 0.5) is 0 Å². The van der Waals surface area contributed by atoms with E-state index in [-0.39, 0.29) is 11.2 Å². The summed E-state index contributed by atoms with van der Waals surface area (Å²) in [6.45, 7) is 30.0. The number of ether oxygens (including phenoxy) is 2. The quantitative estimate of drug-likeness (QED) is 0.409. The maximum atomic E-state index is 4.94. The minimum atomic E-state index is 0.0417. The van der Waals surface area contributed by atoms with E-state index in [9.17, 15) is 0 Å². The van der Waals surface area contributed by atoms with Crippen LogP contribution in [0, 0.1) is 0 Å². The molecule has 1 N–H and O–H groups in total. The topological polar surface area (TPSA) is 52.2 Å². The van der Waals surface area contributed by atoms with E-state index in [0.717, 1.165) is 0 Å². The fourth-order valence-electron chi connectivity index (χ4n) is 0.756. The molecule has 0 radical (unpaired) electrons. The molecule has 0 rings (SSSR count). The van der Waals surface area contributed by atoms with Crippen molar-refractivity contribution in [1.82, 2.24) is 10.5 Å². The monoisotopic (exact) mass is 426 g/mol. The predicted molar refractivity (Wildman–Crippen MR) is 129 cm³/mol. The SMILES string of the molecule is CC.CC(C)N(C)C(C)C.CCONOCC.COC(C)(C)C.COC(C)(C)C. The van der Waals surface area contributed by atoms with Crippen LogP contribution in [0.2, 0.25) is 0 Å². The number of hydrogen-bond acceptors (Lipinski definition) is 6. The fraction of sp³-hybridized carbons (Fsp3) is 1.00. The van der Waals surface area contributed by atoms with E-state index in [1.54, 1.807) is 14.2 Å². The Labute approximate surface area is 184 Å². The van der Waals surface area contributed by atoms with Crippen LogP contribution < -0.4 is 5.64 Å². The molecular formula is C23H58N2O4. The van der Waals surface area contributed by atoms with Crippen LogP contribution in [0.25, 0.3) is 0 Å². The number of nitrogens with zero attached hydrogens (tertiary/aromatic N) is 1. The molecule has 0 unspecified atom stereocenters. The molecule has 0 saturated carbocycles. The highest BCUT2D eigenvalue weighted by atomic mass is 16.9. The Morgan fingerprint density at radius 2 is 0.897 bits per heavy atom. The van der Waals surface area contributed by atoms with Crippen LogP contribution in [0.15, 0.2) is 0 Å². The molecule has 0 bridgehead atoms. The molecule has 0 amide bonds. The molecule has 0 aliphatic rings. The van der Waals surface area contributed by atoms with Crippen molar-refractivity contribution in [2.75, 3.05) is 34.5 Å². The van der Waals surface area contributed by atoms with Crippen LogP contribution >= 0.6 is 0 Å². The van der Waals surface area contributed by atoms with Gasteiger partial charge in [-0.2, -0.15) is 0 Å². The Morgan fingerprint density at radius 1 is 0.690 bits per heavy atom. The third-order valence-corrected chi connectivity index (χ3v) is 3.26. The summed E-state index contributed by atoms with van der Waals surface area (Å²) in [5.74, 6) is 0. The number of hydrogen-bond donors (Lipinski definition) is 1. The Morgan fingerprint density at radius 3 is 0.966 bits per heavy atom. The first-order valence-corrected chi connectivity index (χ1v) is 10.9. The molecular weight excluding hydrogens is 368 g/mol. The molecule has 0 aromatic rings. The van der Waals surface area contributed by atoms with Crippen LogP contribution in [0.1, 0.15) is 96.9 Å². The minimum absolute atomic E-state index is 0.0417. The zero-order valence-corrected chi connectivity index (χ0v) is 23.1. The molecule has 0 fully saturated rings. The summed E-state index contributed by atoms with van der Waals surface area (Å²) in [5, 5.41) is 0. The molecule has 0 spiro atoms. The summed E-state index contributed by atoms with van der Waals surface area (Å²) in [4.78, 5) is 11.5. The molecule has 6 nitrogen and oxygen atoms in total. The van der Waals surface area contributed by atoms with Gasteiger partial charge in [0.2, 0.25) is 0 Å². The lowest BCUT2D eigenvalue weighted by molar-refractivity contribution is -0.163. The van der Waals surface area contributed by atoms with E-state index < -0.39 is 0 Å². The molecule has 0 atom stereocenters. The highest BCUT2D eigenvalue weighted by Gasteiger charge is 2.05. The summed E-state index contributed by atoms with van der Waals surface area (Å²) in [6.07, 6.45) is 0. The highest BCUT2D eigenvalue weighted by Crippen LogP contribution is 2.02. The van der Waals surface area contributed by atoms with Gasteiger partial charge in [-0.1, -0.05) is 19.5 Å². The third-order valence-electron chi connectivity index (χ3n) is 3.26. The van der Waals surface area contributed by atoms with Gasteiger partial charge >= 0.3 is 0 Å². The second-order valence-electron chi connectivity index (χ2n) is 8.44. The molecule has 0 aliphatic heterocycles. The Bertz CT molecular complexity index is 247. The lowest BCUT2D eigenvalue weighted by Gasteiger charge is -2.24. The molecule has 184 valence electrons. The largest absolute Gasteiger partial charge is 0.379 e. The molecule has 6 heteroatoms.